The molecule has 3 nitrogen and oxygen atoms in total. The third-order valence-electron chi connectivity index (χ3n) is 3.52. The summed E-state index contributed by atoms with van der Waals surface area (Å²) in [7, 11) is 2.15. The minimum absolute atomic E-state index is 0.332. The summed E-state index contributed by atoms with van der Waals surface area (Å²) in [6.45, 7) is 3.11. The van der Waals surface area contributed by atoms with Crippen LogP contribution in [-0.2, 0) is 0 Å². The molecule has 0 bridgehead atoms. The second-order valence-electron chi connectivity index (χ2n) is 4.99. The summed E-state index contributed by atoms with van der Waals surface area (Å²) >= 11 is 0. The van der Waals surface area contributed by atoms with Crippen molar-refractivity contribution in [2.24, 2.45) is 0 Å². The second kappa shape index (κ2) is 4.17. The van der Waals surface area contributed by atoms with Crippen LogP contribution in [0.2, 0.25) is 0 Å². The Kier molecular flexibility index (Phi) is 3.10. The van der Waals surface area contributed by atoms with Gasteiger partial charge < -0.3 is 10.4 Å². The van der Waals surface area contributed by atoms with Gasteiger partial charge in [0.05, 0.1) is 5.60 Å². The van der Waals surface area contributed by atoms with Gasteiger partial charge >= 0.3 is 0 Å². The highest BCUT2D eigenvalue weighted by molar-refractivity contribution is 4.96. The third kappa shape index (κ3) is 2.69. The van der Waals surface area contributed by atoms with Crippen molar-refractivity contribution in [3.05, 3.63) is 0 Å². The Morgan fingerprint density at radius 3 is 2.93 bits per heavy atom. The van der Waals surface area contributed by atoms with Crippen LogP contribution >= 0.6 is 0 Å². The van der Waals surface area contributed by atoms with Crippen molar-refractivity contribution in [2.45, 2.75) is 43.7 Å². The van der Waals surface area contributed by atoms with Crippen molar-refractivity contribution >= 4 is 0 Å². The highest BCUT2D eigenvalue weighted by Crippen LogP contribution is 2.36. The van der Waals surface area contributed by atoms with Crippen LogP contribution in [-0.4, -0.2) is 48.3 Å². The second-order valence-corrected chi connectivity index (χ2v) is 4.99. The average molecular weight is 198 g/mol. The maximum Gasteiger partial charge on any atom is 0.0776 e. The molecule has 1 atom stereocenters. The minimum Gasteiger partial charge on any atom is -0.389 e. The van der Waals surface area contributed by atoms with Gasteiger partial charge in [-0.15, -0.1) is 0 Å². The van der Waals surface area contributed by atoms with Crippen LogP contribution < -0.4 is 5.32 Å². The monoisotopic (exact) mass is 198 g/mol. The number of hydrogen-bond donors (Lipinski definition) is 2. The fraction of sp³-hybridized carbons (Fsp3) is 1.00. The molecule has 3 heteroatoms. The Hall–Kier alpha value is -0.120. The van der Waals surface area contributed by atoms with Gasteiger partial charge in [0.15, 0.2) is 0 Å². The molecule has 1 aliphatic heterocycles. The smallest absolute Gasteiger partial charge is 0.0776 e. The van der Waals surface area contributed by atoms with E-state index < -0.39 is 0 Å². The van der Waals surface area contributed by atoms with Gasteiger partial charge in [0, 0.05) is 19.1 Å². The molecule has 1 aliphatic carbocycles. The molecule has 1 saturated carbocycles. The van der Waals surface area contributed by atoms with Gasteiger partial charge in [-0.25, -0.2) is 0 Å². The molecule has 1 unspecified atom stereocenters. The van der Waals surface area contributed by atoms with E-state index >= 15 is 0 Å². The molecule has 0 amide bonds. The Morgan fingerprint density at radius 1 is 1.43 bits per heavy atom. The number of hydrogen-bond acceptors (Lipinski definition) is 3. The number of nitrogens with one attached hydrogen (secondary N) is 1. The maximum atomic E-state index is 9.84. The van der Waals surface area contributed by atoms with Crippen LogP contribution in [0.5, 0.6) is 0 Å². The summed E-state index contributed by atoms with van der Waals surface area (Å²) in [5.74, 6) is 0. The lowest BCUT2D eigenvalue weighted by atomic mass is 10.1. The zero-order valence-electron chi connectivity index (χ0n) is 9.13. The van der Waals surface area contributed by atoms with Crippen LogP contribution in [0.4, 0.5) is 0 Å². The number of nitrogens with zero attached hydrogens (tertiary/aromatic N) is 1. The fourth-order valence-electron chi connectivity index (χ4n) is 2.27. The fourth-order valence-corrected chi connectivity index (χ4v) is 2.27. The Bertz CT molecular complexity index is 184. The molecule has 0 radical (unpaired) electrons. The van der Waals surface area contributed by atoms with Crippen LogP contribution in [0.25, 0.3) is 0 Å². The molecule has 14 heavy (non-hydrogen) atoms. The zero-order valence-corrected chi connectivity index (χ0v) is 9.13. The van der Waals surface area contributed by atoms with Crippen molar-refractivity contribution in [3.8, 4) is 0 Å². The third-order valence-corrected chi connectivity index (χ3v) is 3.52. The first-order valence-corrected chi connectivity index (χ1v) is 5.83. The summed E-state index contributed by atoms with van der Waals surface area (Å²) in [6, 6.07) is 0.627. The first kappa shape index (κ1) is 10.4. The number of aliphatic hydroxyl groups is 1. The first-order chi connectivity index (χ1) is 6.70. The van der Waals surface area contributed by atoms with Crippen LogP contribution in [0.15, 0.2) is 0 Å². The maximum absolute atomic E-state index is 9.84. The van der Waals surface area contributed by atoms with E-state index in [1.807, 2.05) is 0 Å². The standard InChI is InChI=1S/C11H22N2O/c1-13(9-11(14)5-6-11)10-4-2-3-7-12-8-10/h10,12,14H,2-9H2,1H3. The lowest BCUT2D eigenvalue weighted by Crippen LogP contribution is -2.43. The summed E-state index contributed by atoms with van der Waals surface area (Å²) < 4.78 is 0. The molecular weight excluding hydrogens is 176 g/mol. The summed E-state index contributed by atoms with van der Waals surface area (Å²) in [5.41, 5.74) is -0.332. The molecule has 82 valence electrons. The molecule has 1 heterocycles. The Balaban J connectivity index is 1.79. The first-order valence-electron chi connectivity index (χ1n) is 5.83. The number of rotatable bonds is 3. The minimum atomic E-state index is -0.332. The topological polar surface area (TPSA) is 35.5 Å². The molecule has 2 N–H and O–H groups in total. The van der Waals surface area contributed by atoms with Gasteiger partial charge in [-0.05, 0) is 39.3 Å². The van der Waals surface area contributed by atoms with Crippen LogP contribution in [0.3, 0.4) is 0 Å². The van der Waals surface area contributed by atoms with Gasteiger partial charge in [-0.2, -0.15) is 0 Å². The lowest BCUT2D eigenvalue weighted by Gasteiger charge is -2.28. The number of likely N-dealkylation sites (N-methyl/N-ethyl adjacent to an activating group) is 1. The molecule has 2 aliphatic rings. The molecule has 2 rings (SSSR count). The quantitative estimate of drug-likeness (QED) is 0.696. The largest absolute Gasteiger partial charge is 0.389 e. The van der Waals surface area contributed by atoms with Gasteiger partial charge in [0.2, 0.25) is 0 Å². The van der Waals surface area contributed by atoms with Crippen molar-refractivity contribution < 1.29 is 5.11 Å². The van der Waals surface area contributed by atoms with Gasteiger partial charge in [0.25, 0.3) is 0 Å². The predicted molar refractivity (Wildman–Crippen MR) is 57.3 cm³/mol. The summed E-state index contributed by atoms with van der Waals surface area (Å²) in [5, 5.41) is 13.3. The summed E-state index contributed by atoms with van der Waals surface area (Å²) in [6.07, 6.45) is 5.89. The van der Waals surface area contributed by atoms with E-state index in [-0.39, 0.29) is 5.60 Å². The van der Waals surface area contributed by atoms with Crippen LogP contribution in [0, 0.1) is 0 Å². The SMILES string of the molecule is CN(CC1(O)CC1)C1CCCCNC1. The van der Waals surface area contributed by atoms with E-state index in [9.17, 15) is 5.11 Å². The Labute approximate surface area is 86.5 Å². The zero-order chi connectivity index (χ0) is 10.0. The summed E-state index contributed by atoms with van der Waals surface area (Å²) in [4.78, 5) is 2.34. The molecule has 0 aromatic heterocycles. The van der Waals surface area contributed by atoms with E-state index in [0.29, 0.717) is 6.04 Å². The van der Waals surface area contributed by atoms with E-state index in [4.69, 9.17) is 0 Å². The van der Waals surface area contributed by atoms with E-state index in [2.05, 4.69) is 17.3 Å². The van der Waals surface area contributed by atoms with E-state index in [0.717, 1.165) is 32.5 Å². The molecule has 1 saturated heterocycles. The van der Waals surface area contributed by atoms with Crippen molar-refractivity contribution in [1.82, 2.24) is 10.2 Å². The molecule has 2 fully saturated rings. The van der Waals surface area contributed by atoms with Crippen molar-refractivity contribution in [1.29, 1.82) is 0 Å². The molecule has 0 aromatic rings. The van der Waals surface area contributed by atoms with E-state index in [1.54, 1.807) is 0 Å². The molecule has 0 aromatic carbocycles. The van der Waals surface area contributed by atoms with Gasteiger partial charge in [-0.3, -0.25) is 4.90 Å². The predicted octanol–water partition coefficient (Wildman–Crippen LogP) is 0.585. The molecular formula is C11H22N2O. The van der Waals surface area contributed by atoms with Gasteiger partial charge in [-0.1, -0.05) is 6.42 Å². The molecule has 0 spiro atoms. The highest BCUT2D eigenvalue weighted by Gasteiger charge is 2.41. The average Bonchev–Trinajstić information content (AvgIpc) is 2.89. The normalized spacial score (nSPS) is 31.5. The Morgan fingerprint density at radius 2 is 2.21 bits per heavy atom. The van der Waals surface area contributed by atoms with E-state index in [1.165, 1.54) is 19.3 Å². The van der Waals surface area contributed by atoms with Crippen LogP contribution in [0.1, 0.15) is 32.1 Å². The highest BCUT2D eigenvalue weighted by atomic mass is 16.3. The van der Waals surface area contributed by atoms with Crippen molar-refractivity contribution in [3.63, 3.8) is 0 Å². The lowest BCUT2D eigenvalue weighted by molar-refractivity contribution is 0.0827. The van der Waals surface area contributed by atoms with Crippen molar-refractivity contribution in [2.75, 3.05) is 26.7 Å². The van der Waals surface area contributed by atoms with Gasteiger partial charge in [0.1, 0.15) is 0 Å².